The van der Waals surface area contributed by atoms with Crippen LogP contribution in [0.3, 0.4) is 0 Å². The topological polar surface area (TPSA) is 38.3 Å². The summed E-state index contributed by atoms with van der Waals surface area (Å²) >= 11 is 0. The van der Waals surface area contributed by atoms with Gasteiger partial charge in [-0.1, -0.05) is 60.7 Å². The van der Waals surface area contributed by atoms with Gasteiger partial charge in [0.15, 0.2) is 5.78 Å². The smallest absolute Gasteiger partial charge is 0.187 e. The van der Waals surface area contributed by atoms with E-state index in [2.05, 4.69) is 17.4 Å². The molecule has 0 aliphatic rings. The second kappa shape index (κ2) is 8.67. The van der Waals surface area contributed by atoms with E-state index in [4.69, 9.17) is 4.74 Å². The summed E-state index contributed by atoms with van der Waals surface area (Å²) in [6, 6.07) is 25.4. The Balaban J connectivity index is 1.62. The van der Waals surface area contributed by atoms with Gasteiger partial charge >= 0.3 is 0 Å². The number of ketones is 1. The monoisotopic (exact) mass is 343 g/mol. The van der Waals surface area contributed by atoms with Crippen LogP contribution in [0.15, 0.2) is 91.1 Å². The van der Waals surface area contributed by atoms with Crippen molar-refractivity contribution in [2.45, 2.75) is 6.92 Å². The van der Waals surface area contributed by atoms with E-state index in [-0.39, 0.29) is 5.78 Å². The number of ether oxygens (including phenoxy) is 1. The molecule has 3 rings (SSSR count). The van der Waals surface area contributed by atoms with Crippen LogP contribution >= 0.6 is 0 Å². The summed E-state index contributed by atoms with van der Waals surface area (Å²) in [5.41, 5.74) is 3.76. The molecule has 0 radical (unpaired) electrons. The minimum absolute atomic E-state index is 0.0434. The summed E-state index contributed by atoms with van der Waals surface area (Å²) in [6.45, 7) is 2.57. The van der Waals surface area contributed by atoms with Crippen molar-refractivity contribution in [2.24, 2.45) is 0 Å². The quantitative estimate of drug-likeness (QED) is 0.451. The minimum atomic E-state index is -0.0434. The third-order valence-electron chi connectivity index (χ3n) is 3.91. The highest BCUT2D eigenvalue weighted by Crippen LogP contribution is 2.20. The van der Waals surface area contributed by atoms with E-state index >= 15 is 0 Å². The Morgan fingerprint density at radius 2 is 1.65 bits per heavy atom. The molecule has 0 saturated heterocycles. The summed E-state index contributed by atoms with van der Waals surface area (Å²) in [7, 11) is 0. The van der Waals surface area contributed by atoms with Crippen molar-refractivity contribution in [2.75, 3.05) is 11.9 Å². The van der Waals surface area contributed by atoms with Crippen molar-refractivity contribution in [1.29, 1.82) is 0 Å². The maximum absolute atomic E-state index is 12.3. The number of anilines is 1. The zero-order valence-electron chi connectivity index (χ0n) is 14.7. The molecule has 3 aromatic rings. The normalized spacial score (nSPS) is 10.7. The molecule has 0 aromatic heterocycles. The number of carbonyl (C=O) groups excluding carboxylic acids is 1. The molecule has 3 nitrogen and oxygen atoms in total. The fourth-order valence-corrected chi connectivity index (χ4v) is 2.61. The molecule has 0 atom stereocenters. The highest BCUT2D eigenvalue weighted by atomic mass is 16.5. The predicted octanol–water partition coefficient (Wildman–Crippen LogP) is 5.56. The number of hydrogen-bond donors (Lipinski definition) is 1. The second-order valence-corrected chi connectivity index (χ2v) is 5.75. The first-order valence-corrected chi connectivity index (χ1v) is 8.62. The van der Waals surface area contributed by atoms with Gasteiger partial charge < -0.3 is 10.1 Å². The average molecular weight is 343 g/mol. The maximum atomic E-state index is 12.3. The van der Waals surface area contributed by atoms with Gasteiger partial charge in [0.05, 0.1) is 6.61 Å². The number of nitrogens with one attached hydrogen (secondary N) is 1. The van der Waals surface area contributed by atoms with E-state index in [0.717, 1.165) is 22.6 Å². The van der Waals surface area contributed by atoms with Crippen LogP contribution in [-0.4, -0.2) is 12.4 Å². The third kappa shape index (κ3) is 4.61. The van der Waals surface area contributed by atoms with E-state index in [1.54, 1.807) is 6.20 Å². The van der Waals surface area contributed by atoms with Crippen LogP contribution in [0.5, 0.6) is 5.75 Å². The lowest BCUT2D eigenvalue weighted by Crippen LogP contribution is -1.97. The average Bonchev–Trinajstić information content (AvgIpc) is 2.69. The van der Waals surface area contributed by atoms with E-state index in [9.17, 15) is 4.79 Å². The Kier molecular flexibility index (Phi) is 5.84. The maximum Gasteiger partial charge on any atom is 0.187 e. The highest BCUT2D eigenvalue weighted by Gasteiger charge is 2.03. The molecule has 3 aromatic carbocycles. The van der Waals surface area contributed by atoms with Gasteiger partial charge in [0, 0.05) is 29.6 Å². The van der Waals surface area contributed by atoms with E-state index in [1.165, 1.54) is 6.08 Å². The summed E-state index contributed by atoms with van der Waals surface area (Å²) in [6.07, 6.45) is 3.18. The predicted molar refractivity (Wildman–Crippen MR) is 107 cm³/mol. The number of carbonyl (C=O) groups is 1. The molecule has 0 fully saturated rings. The van der Waals surface area contributed by atoms with Crippen molar-refractivity contribution >= 4 is 11.5 Å². The molecule has 0 aliphatic carbocycles. The zero-order valence-corrected chi connectivity index (χ0v) is 14.7. The van der Waals surface area contributed by atoms with E-state index < -0.39 is 0 Å². The Morgan fingerprint density at radius 3 is 2.38 bits per heavy atom. The number of allylic oxidation sites excluding steroid dienone is 1. The van der Waals surface area contributed by atoms with Crippen LogP contribution < -0.4 is 10.1 Å². The van der Waals surface area contributed by atoms with Crippen molar-refractivity contribution in [3.05, 3.63) is 96.7 Å². The molecular weight excluding hydrogens is 322 g/mol. The first kappa shape index (κ1) is 17.5. The van der Waals surface area contributed by atoms with Crippen LogP contribution in [0.2, 0.25) is 0 Å². The van der Waals surface area contributed by atoms with Gasteiger partial charge in [0.1, 0.15) is 5.75 Å². The van der Waals surface area contributed by atoms with Gasteiger partial charge in [-0.05, 0) is 30.2 Å². The molecular formula is C23H21NO2. The molecule has 0 amide bonds. The summed E-state index contributed by atoms with van der Waals surface area (Å²) in [4.78, 5) is 12.3. The van der Waals surface area contributed by atoms with Crippen molar-refractivity contribution in [1.82, 2.24) is 0 Å². The molecule has 0 heterocycles. The molecule has 26 heavy (non-hydrogen) atoms. The van der Waals surface area contributed by atoms with Gasteiger partial charge in [-0.2, -0.15) is 0 Å². The summed E-state index contributed by atoms with van der Waals surface area (Å²) in [5, 5.41) is 3.10. The molecule has 0 saturated carbocycles. The molecule has 0 unspecified atom stereocenters. The molecule has 3 heteroatoms. The molecule has 0 bridgehead atoms. The molecule has 0 spiro atoms. The van der Waals surface area contributed by atoms with Crippen LogP contribution in [0.25, 0.3) is 11.1 Å². The lowest BCUT2D eigenvalue weighted by Gasteiger charge is -2.05. The van der Waals surface area contributed by atoms with Crippen molar-refractivity contribution < 1.29 is 9.53 Å². The number of rotatable bonds is 7. The van der Waals surface area contributed by atoms with E-state index in [0.29, 0.717) is 12.2 Å². The second-order valence-electron chi connectivity index (χ2n) is 5.75. The third-order valence-corrected chi connectivity index (χ3v) is 3.91. The Hall–Kier alpha value is -3.33. The largest absolute Gasteiger partial charge is 0.494 e. The molecule has 1 N–H and O–H groups in total. The zero-order chi connectivity index (χ0) is 18.2. The first-order valence-electron chi connectivity index (χ1n) is 8.62. The molecule has 130 valence electrons. The van der Waals surface area contributed by atoms with Gasteiger partial charge in [-0.3, -0.25) is 4.79 Å². The molecule has 0 aliphatic heterocycles. The van der Waals surface area contributed by atoms with Crippen LogP contribution in [0.1, 0.15) is 17.3 Å². The Labute approximate surface area is 154 Å². The van der Waals surface area contributed by atoms with Crippen LogP contribution in [0, 0.1) is 0 Å². The standard InChI is InChI=1S/C23H21NO2/c1-2-26-22-10-6-9-21(17-22)24-16-15-23(25)20-13-11-19(12-14-20)18-7-4-3-5-8-18/h3-17,24H,2H2,1H3. The number of hydrogen-bond acceptors (Lipinski definition) is 3. The van der Waals surface area contributed by atoms with Gasteiger partial charge in [0.25, 0.3) is 0 Å². The van der Waals surface area contributed by atoms with Crippen LogP contribution in [-0.2, 0) is 0 Å². The fourth-order valence-electron chi connectivity index (χ4n) is 2.61. The van der Waals surface area contributed by atoms with Crippen molar-refractivity contribution in [3.8, 4) is 16.9 Å². The lowest BCUT2D eigenvalue weighted by atomic mass is 10.0. The van der Waals surface area contributed by atoms with Crippen molar-refractivity contribution in [3.63, 3.8) is 0 Å². The summed E-state index contributed by atoms with van der Waals surface area (Å²) in [5.74, 6) is 0.756. The van der Waals surface area contributed by atoms with E-state index in [1.807, 2.05) is 73.7 Å². The Morgan fingerprint density at radius 1 is 0.923 bits per heavy atom. The minimum Gasteiger partial charge on any atom is -0.494 e. The summed E-state index contributed by atoms with van der Waals surface area (Å²) < 4.78 is 5.46. The Bertz CT molecular complexity index is 884. The fraction of sp³-hybridized carbons (Fsp3) is 0.0870. The van der Waals surface area contributed by atoms with Gasteiger partial charge in [-0.25, -0.2) is 0 Å². The van der Waals surface area contributed by atoms with Crippen LogP contribution in [0.4, 0.5) is 5.69 Å². The number of benzene rings is 3. The van der Waals surface area contributed by atoms with Gasteiger partial charge in [-0.15, -0.1) is 0 Å². The van der Waals surface area contributed by atoms with Gasteiger partial charge in [0.2, 0.25) is 0 Å². The lowest BCUT2D eigenvalue weighted by molar-refractivity contribution is 0.104. The first-order chi connectivity index (χ1) is 12.8. The SMILES string of the molecule is CCOc1cccc(NC=CC(=O)c2ccc(-c3ccccc3)cc2)c1. The highest BCUT2D eigenvalue weighted by molar-refractivity contribution is 6.04.